The molecule has 34 heavy (non-hydrogen) atoms. The molecular weight excluding hydrogens is 427 g/mol. The summed E-state index contributed by atoms with van der Waals surface area (Å²) in [6.07, 6.45) is 16.0. The predicted octanol–water partition coefficient (Wildman–Crippen LogP) is 5.00. The maximum atomic E-state index is 13.2. The number of likely N-dealkylation sites (tertiary alicyclic amines) is 1. The van der Waals surface area contributed by atoms with Crippen molar-refractivity contribution in [2.24, 2.45) is 16.8 Å². The minimum atomic E-state index is -0.165. The van der Waals surface area contributed by atoms with Crippen LogP contribution in [0.15, 0.2) is 52.7 Å². The summed E-state index contributed by atoms with van der Waals surface area (Å²) in [5.41, 5.74) is 3.53. The highest BCUT2D eigenvalue weighted by Crippen LogP contribution is 2.29. The molecule has 1 aromatic rings. The normalized spacial score (nSPS) is 29.2. The molecule has 2 fully saturated rings. The number of rotatable bonds is 6. The molecule has 1 unspecified atom stereocenters. The van der Waals surface area contributed by atoms with Crippen molar-refractivity contribution in [1.29, 1.82) is 0 Å². The topological polar surface area (TPSA) is 56.7 Å². The lowest BCUT2D eigenvalue weighted by Crippen LogP contribution is -2.50. The summed E-state index contributed by atoms with van der Waals surface area (Å²) in [6.45, 7) is 3.28. The van der Waals surface area contributed by atoms with Gasteiger partial charge in [-0.2, -0.15) is 0 Å². The number of carbonyl (C=O) groups excluding carboxylic acids is 1. The van der Waals surface area contributed by atoms with Crippen LogP contribution in [0.2, 0.25) is 0 Å². The number of urea groups is 1. The van der Waals surface area contributed by atoms with Crippen LogP contribution in [-0.4, -0.2) is 48.9 Å². The average Bonchev–Trinajstić information content (AvgIpc) is 3.30. The second-order valence-corrected chi connectivity index (χ2v) is 10.5. The number of nitrogens with zero attached hydrogens (tertiary/aromatic N) is 2. The second kappa shape index (κ2) is 10.9. The van der Waals surface area contributed by atoms with E-state index < -0.39 is 0 Å². The van der Waals surface area contributed by atoms with E-state index in [-0.39, 0.29) is 23.9 Å². The van der Waals surface area contributed by atoms with Gasteiger partial charge in [-0.15, -0.1) is 0 Å². The lowest BCUT2D eigenvalue weighted by Gasteiger charge is -2.39. The van der Waals surface area contributed by atoms with E-state index in [0.717, 1.165) is 51.0 Å². The molecule has 5 nitrogen and oxygen atoms in total. The van der Waals surface area contributed by atoms with E-state index in [4.69, 9.17) is 0 Å². The molecule has 0 spiro atoms. The van der Waals surface area contributed by atoms with Crippen LogP contribution in [0, 0.1) is 17.7 Å². The number of fused-ring (bicyclic) bond motifs is 1. The molecule has 1 saturated carbocycles. The lowest BCUT2D eigenvalue weighted by molar-refractivity contribution is 0.122. The largest absolute Gasteiger partial charge is 0.335 e. The van der Waals surface area contributed by atoms with Crippen molar-refractivity contribution in [3.05, 3.63) is 59.1 Å². The Morgan fingerprint density at radius 2 is 1.94 bits per heavy atom. The Bertz CT molecular complexity index is 954. The van der Waals surface area contributed by atoms with Crippen LogP contribution in [-0.2, 0) is 6.42 Å². The van der Waals surface area contributed by atoms with Crippen LogP contribution in [0.5, 0.6) is 0 Å². The van der Waals surface area contributed by atoms with Gasteiger partial charge >= 0.3 is 6.03 Å². The molecular formula is C28H37FN4O. The lowest BCUT2D eigenvalue weighted by atomic mass is 9.83. The number of piperidine rings is 1. The zero-order valence-corrected chi connectivity index (χ0v) is 20.0. The van der Waals surface area contributed by atoms with Gasteiger partial charge in [0, 0.05) is 43.9 Å². The van der Waals surface area contributed by atoms with Gasteiger partial charge in [-0.05, 0) is 79.8 Å². The zero-order chi connectivity index (χ0) is 23.3. The highest BCUT2D eigenvalue weighted by molar-refractivity contribution is 5.76. The van der Waals surface area contributed by atoms with Gasteiger partial charge in [-0.3, -0.25) is 4.99 Å². The molecule has 0 radical (unpaired) electrons. The molecule has 4 aliphatic rings. The Labute approximate surface area is 202 Å². The first-order valence-electron chi connectivity index (χ1n) is 13.1. The Morgan fingerprint density at radius 3 is 2.82 bits per heavy atom. The first kappa shape index (κ1) is 23.3. The summed E-state index contributed by atoms with van der Waals surface area (Å²) in [4.78, 5) is 19.9. The second-order valence-electron chi connectivity index (χ2n) is 10.5. The van der Waals surface area contributed by atoms with Crippen LogP contribution >= 0.6 is 0 Å². The Kier molecular flexibility index (Phi) is 7.43. The molecule has 1 saturated heterocycles. The van der Waals surface area contributed by atoms with E-state index in [9.17, 15) is 9.18 Å². The smallest absolute Gasteiger partial charge is 0.319 e. The number of carbonyl (C=O) groups is 1. The number of hydrogen-bond acceptors (Lipinski definition) is 3. The predicted molar refractivity (Wildman–Crippen MR) is 134 cm³/mol. The van der Waals surface area contributed by atoms with Gasteiger partial charge in [0.15, 0.2) is 0 Å². The summed E-state index contributed by atoms with van der Waals surface area (Å²) in [7, 11) is 0. The SMILES string of the molecule is O=C(NC1=CC=C2CC=NC2C1)N[C@@H]1CCCC[C@H]1CN1CCC[C@@H](Cc2ccc(F)cc2)C1. The fourth-order valence-electron chi connectivity index (χ4n) is 6.19. The molecule has 1 aromatic carbocycles. The maximum absolute atomic E-state index is 13.2. The molecule has 5 rings (SSSR count). The molecule has 2 aliphatic carbocycles. The summed E-state index contributed by atoms with van der Waals surface area (Å²) in [5, 5.41) is 6.40. The van der Waals surface area contributed by atoms with E-state index in [1.807, 2.05) is 24.4 Å². The van der Waals surface area contributed by atoms with Crippen LogP contribution in [0.4, 0.5) is 9.18 Å². The van der Waals surface area contributed by atoms with Gasteiger partial charge < -0.3 is 15.5 Å². The van der Waals surface area contributed by atoms with Gasteiger partial charge in [-0.25, -0.2) is 9.18 Å². The molecule has 2 N–H and O–H groups in total. The summed E-state index contributed by atoms with van der Waals surface area (Å²) in [5.74, 6) is 0.948. The van der Waals surface area contributed by atoms with Crippen molar-refractivity contribution in [2.75, 3.05) is 19.6 Å². The van der Waals surface area contributed by atoms with Crippen LogP contribution in [0.1, 0.15) is 56.9 Å². The van der Waals surface area contributed by atoms with Crippen LogP contribution in [0.25, 0.3) is 0 Å². The summed E-state index contributed by atoms with van der Waals surface area (Å²) in [6, 6.07) is 7.35. The number of nitrogens with one attached hydrogen (secondary N) is 2. The zero-order valence-electron chi connectivity index (χ0n) is 20.0. The van der Waals surface area contributed by atoms with Crippen molar-refractivity contribution < 1.29 is 9.18 Å². The summed E-state index contributed by atoms with van der Waals surface area (Å²) >= 11 is 0. The van der Waals surface area contributed by atoms with Crippen molar-refractivity contribution in [1.82, 2.24) is 15.5 Å². The number of allylic oxidation sites excluding steroid dienone is 2. The van der Waals surface area contributed by atoms with E-state index in [0.29, 0.717) is 11.8 Å². The molecule has 2 amide bonds. The minimum absolute atomic E-state index is 0.0743. The fourth-order valence-corrected chi connectivity index (χ4v) is 6.19. The van der Waals surface area contributed by atoms with Crippen LogP contribution < -0.4 is 10.6 Å². The third-order valence-electron chi connectivity index (χ3n) is 7.99. The third kappa shape index (κ3) is 5.96. The van der Waals surface area contributed by atoms with Gasteiger partial charge in [-0.1, -0.05) is 31.1 Å². The highest BCUT2D eigenvalue weighted by atomic mass is 19.1. The quantitative estimate of drug-likeness (QED) is 0.623. The molecule has 0 aromatic heterocycles. The number of hydrogen-bond donors (Lipinski definition) is 2. The molecule has 2 heterocycles. The number of aliphatic imine (C=N–C) groups is 1. The van der Waals surface area contributed by atoms with Gasteiger partial charge in [0.05, 0.1) is 6.04 Å². The van der Waals surface area contributed by atoms with E-state index in [2.05, 4.69) is 26.6 Å². The first-order chi connectivity index (χ1) is 16.6. The summed E-state index contributed by atoms with van der Waals surface area (Å²) < 4.78 is 13.2. The van der Waals surface area contributed by atoms with Gasteiger partial charge in [0.2, 0.25) is 0 Å². The Balaban J connectivity index is 1.12. The van der Waals surface area contributed by atoms with E-state index >= 15 is 0 Å². The maximum Gasteiger partial charge on any atom is 0.319 e. The fraction of sp³-hybridized carbons (Fsp3) is 0.571. The van der Waals surface area contributed by atoms with E-state index in [1.54, 1.807) is 12.1 Å². The Morgan fingerprint density at radius 1 is 1.09 bits per heavy atom. The number of benzene rings is 1. The van der Waals surface area contributed by atoms with Crippen LogP contribution in [0.3, 0.4) is 0 Å². The molecule has 2 aliphatic heterocycles. The van der Waals surface area contributed by atoms with E-state index in [1.165, 1.54) is 43.2 Å². The minimum Gasteiger partial charge on any atom is -0.335 e. The molecule has 4 atom stereocenters. The van der Waals surface area contributed by atoms with Gasteiger partial charge in [0.25, 0.3) is 0 Å². The van der Waals surface area contributed by atoms with Crippen molar-refractivity contribution >= 4 is 12.2 Å². The third-order valence-corrected chi connectivity index (χ3v) is 7.99. The molecule has 0 bridgehead atoms. The van der Waals surface area contributed by atoms with Gasteiger partial charge in [0.1, 0.15) is 5.82 Å². The average molecular weight is 465 g/mol. The molecule has 6 heteroatoms. The van der Waals surface area contributed by atoms with Crippen molar-refractivity contribution in [3.63, 3.8) is 0 Å². The standard InChI is InChI=1S/C28H37FN4O/c29-24-10-7-20(8-11-24)16-21-4-3-15-33(18-21)19-23-5-1-2-6-26(23)32-28(34)31-25-12-9-22-13-14-30-27(22)17-25/h7-12,14,21,23,26-27H,1-6,13,15-19H2,(H2,31,32,34)/t21-,23-,26+,27?/m0/s1. The first-order valence-corrected chi connectivity index (χ1v) is 13.1. The van der Waals surface area contributed by atoms with Crippen molar-refractivity contribution in [3.8, 4) is 0 Å². The van der Waals surface area contributed by atoms with Crippen molar-refractivity contribution in [2.45, 2.75) is 69.9 Å². The monoisotopic (exact) mass is 464 g/mol. The molecule has 182 valence electrons. The number of halogens is 1. The highest BCUT2D eigenvalue weighted by Gasteiger charge is 2.30. The number of amides is 2. The Hall–Kier alpha value is -2.47.